The maximum absolute atomic E-state index is 13.8. The van der Waals surface area contributed by atoms with E-state index in [0.29, 0.717) is 11.5 Å². The fourth-order valence-electron chi connectivity index (χ4n) is 2.26. The summed E-state index contributed by atoms with van der Waals surface area (Å²) in [6.45, 7) is 1.99. The van der Waals surface area contributed by atoms with Crippen LogP contribution in [0.25, 0.3) is 0 Å². The fraction of sp³-hybridized carbons (Fsp3) is 0.538. The second kappa shape index (κ2) is 5.19. The predicted molar refractivity (Wildman–Crippen MR) is 71.7 cm³/mol. The maximum atomic E-state index is 13.8. The topological polar surface area (TPSA) is 63.4 Å². The Morgan fingerprint density at radius 3 is 2.63 bits per heavy atom. The first kappa shape index (κ1) is 14.4. The number of benzene rings is 1. The lowest BCUT2D eigenvalue weighted by Crippen LogP contribution is -2.43. The Hall–Kier alpha value is -0.980. The average molecular weight is 286 g/mol. The quantitative estimate of drug-likeness (QED) is 0.892. The van der Waals surface area contributed by atoms with Gasteiger partial charge in [0.05, 0.1) is 0 Å². The SMILES string of the molecule is Cc1ccc(F)c(S(=O)(=O)N(C)C(CN)C2CC2)c1. The van der Waals surface area contributed by atoms with Crippen LogP contribution in [-0.4, -0.2) is 32.4 Å². The Bertz CT molecular complexity index is 570. The Morgan fingerprint density at radius 2 is 2.11 bits per heavy atom. The van der Waals surface area contributed by atoms with Gasteiger partial charge in [-0.05, 0) is 43.4 Å². The molecule has 2 rings (SSSR count). The minimum absolute atomic E-state index is 0.245. The first-order valence-corrected chi connectivity index (χ1v) is 7.76. The number of nitrogens with two attached hydrogens (primary N) is 1. The number of halogens is 1. The Morgan fingerprint density at radius 1 is 1.47 bits per heavy atom. The predicted octanol–water partition coefficient (Wildman–Crippen LogP) is 1.49. The standard InChI is InChI=1S/C13H19FN2O2S/c1-9-3-6-11(14)13(7-9)19(17,18)16(2)12(8-15)10-4-5-10/h3,6-7,10,12H,4-5,8,15H2,1-2H3. The van der Waals surface area contributed by atoms with Gasteiger partial charge in [0.25, 0.3) is 0 Å². The molecule has 0 radical (unpaired) electrons. The summed E-state index contributed by atoms with van der Waals surface area (Å²) >= 11 is 0. The monoisotopic (exact) mass is 286 g/mol. The molecule has 0 amide bonds. The van der Waals surface area contributed by atoms with E-state index in [-0.39, 0.29) is 17.5 Å². The van der Waals surface area contributed by atoms with E-state index in [0.717, 1.165) is 12.8 Å². The number of rotatable bonds is 5. The van der Waals surface area contributed by atoms with Crippen LogP contribution >= 0.6 is 0 Å². The molecule has 106 valence electrons. The summed E-state index contributed by atoms with van der Waals surface area (Å²) in [6, 6.07) is 3.85. The van der Waals surface area contributed by atoms with Gasteiger partial charge in [0.1, 0.15) is 10.7 Å². The lowest BCUT2D eigenvalue weighted by molar-refractivity contribution is 0.339. The summed E-state index contributed by atoms with van der Waals surface area (Å²) in [5.41, 5.74) is 6.37. The zero-order valence-corrected chi connectivity index (χ0v) is 12.0. The van der Waals surface area contributed by atoms with Crippen molar-refractivity contribution in [2.45, 2.75) is 30.7 Å². The van der Waals surface area contributed by atoms with Crippen LogP contribution in [0, 0.1) is 18.7 Å². The van der Waals surface area contributed by atoms with Crippen LogP contribution in [0.5, 0.6) is 0 Å². The van der Waals surface area contributed by atoms with Gasteiger partial charge in [-0.25, -0.2) is 12.8 Å². The van der Waals surface area contributed by atoms with Gasteiger partial charge in [-0.15, -0.1) is 0 Å². The van der Waals surface area contributed by atoms with Gasteiger partial charge in [0.15, 0.2) is 0 Å². The molecule has 1 aliphatic rings. The maximum Gasteiger partial charge on any atom is 0.246 e. The first-order chi connectivity index (χ1) is 8.87. The number of hydrogen-bond acceptors (Lipinski definition) is 3. The van der Waals surface area contributed by atoms with Gasteiger partial charge in [-0.2, -0.15) is 4.31 Å². The second-order valence-corrected chi connectivity index (χ2v) is 7.06. The van der Waals surface area contributed by atoms with Gasteiger partial charge < -0.3 is 5.73 Å². The minimum Gasteiger partial charge on any atom is -0.329 e. The molecular weight excluding hydrogens is 267 g/mol. The summed E-state index contributed by atoms with van der Waals surface area (Å²) in [6.07, 6.45) is 1.97. The van der Waals surface area contributed by atoms with Crippen molar-refractivity contribution in [3.8, 4) is 0 Å². The van der Waals surface area contributed by atoms with E-state index in [1.165, 1.54) is 23.5 Å². The summed E-state index contributed by atoms with van der Waals surface area (Å²) < 4.78 is 39.9. The number of nitrogens with zero attached hydrogens (tertiary/aromatic N) is 1. The third-order valence-corrected chi connectivity index (χ3v) is 5.52. The molecule has 0 aliphatic heterocycles. The van der Waals surface area contributed by atoms with Gasteiger partial charge in [-0.1, -0.05) is 6.07 Å². The Labute approximate surface area is 113 Å². The largest absolute Gasteiger partial charge is 0.329 e. The van der Waals surface area contributed by atoms with Crippen molar-refractivity contribution in [3.05, 3.63) is 29.6 Å². The number of aryl methyl sites for hydroxylation is 1. The van der Waals surface area contributed by atoms with E-state index in [1.54, 1.807) is 13.0 Å². The van der Waals surface area contributed by atoms with Gasteiger partial charge in [-0.3, -0.25) is 0 Å². The molecule has 2 N–H and O–H groups in total. The highest BCUT2D eigenvalue weighted by Gasteiger charge is 2.38. The lowest BCUT2D eigenvalue weighted by atomic mass is 10.2. The van der Waals surface area contributed by atoms with Gasteiger partial charge >= 0.3 is 0 Å². The van der Waals surface area contributed by atoms with Crippen molar-refractivity contribution < 1.29 is 12.8 Å². The molecule has 0 bridgehead atoms. The molecule has 1 fully saturated rings. The van der Waals surface area contributed by atoms with Crippen molar-refractivity contribution in [2.75, 3.05) is 13.6 Å². The van der Waals surface area contributed by atoms with Gasteiger partial charge in [0, 0.05) is 19.6 Å². The lowest BCUT2D eigenvalue weighted by Gasteiger charge is -2.26. The first-order valence-electron chi connectivity index (χ1n) is 6.32. The molecule has 1 unspecified atom stereocenters. The van der Waals surface area contributed by atoms with Crippen molar-refractivity contribution in [2.24, 2.45) is 11.7 Å². The zero-order valence-electron chi connectivity index (χ0n) is 11.1. The number of likely N-dealkylation sites (N-methyl/N-ethyl adjacent to an activating group) is 1. The summed E-state index contributed by atoms with van der Waals surface area (Å²) in [5.74, 6) is -0.415. The molecule has 0 spiro atoms. The van der Waals surface area contributed by atoms with Crippen LogP contribution in [0.2, 0.25) is 0 Å². The molecule has 1 atom stereocenters. The molecule has 1 aromatic rings. The highest BCUT2D eigenvalue weighted by atomic mass is 32.2. The van der Waals surface area contributed by atoms with Crippen LogP contribution in [0.3, 0.4) is 0 Å². The van der Waals surface area contributed by atoms with Crippen molar-refractivity contribution in [3.63, 3.8) is 0 Å². The summed E-state index contributed by atoms with van der Waals surface area (Å²) in [5, 5.41) is 0. The molecule has 0 aromatic heterocycles. The molecule has 19 heavy (non-hydrogen) atoms. The molecule has 1 saturated carbocycles. The highest BCUT2D eigenvalue weighted by Crippen LogP contribution is 2.36. The third-order valence-electron chi connectivity index (χ3n) is 3.62. The molecule has 0 heterocycles. The second-order valence-electron chi connectivity index (χ2n) is 5.10. The van der Waals surface area contributed by atoms with Crippen LogP contribution in [0.4, 0.5) is 4.39 Å². The summed E-state index contributed by atoms with van der Waals surface area (Å²) in [4.78, 5) is -0.269. The van der Waals surface area contributed by atoms with Crippen molar-refractivity contribution in [1.29, 1.82) is 0 Å². The summed E-state index contributed by atoms with van der Waals surface area (Å²) in [7, 11) is -2.35. The van der Waals surface area contributed by atoms with E-state index >= 15 is 0 Å². The molecule has 1 aromatic carbocycles. The molecule has 0 saturated heterocycles. The molecule has 4 nitrogen and oxygen atoms in total. The van der Waals surface area contributed by atoms with Crippen LogP contribution in [-0.2, 0) is 10.0 Å². The molecule has 6 heteroatoms. The van der Waals surface area contributed by atoms with E-state index in [2.05, 4.69) is 0 Å². The van der Waals surface area contributed by atoms with Gasteiger partial charge in [0.2, 0.25) is 10.0 Å². The van der Waals surface area contributed by atoms with E-state index in [4.69, 9.17) is 5.73 Å². The smallest absolute Gasteiger partial charge is 0.246 e. The van der Waals surface area contributed by atoms with E-state index < -0.39 is 15.8 Å². The van der Waals surface area contributed by atoms with Crippen LogP contribution < -0.4 is 5.73 Å². The number of hydrogen-bond donors (Lipinski definition) is 1. The Kier molecular flexibility index (Phi) is 3.94. The van der Waals surface area contributed by atoms with E-state index in [9.17, 15) is 12.8 Å². The normalized spacial score (nSPS) is 17.7. The number of sulfonamides is 1. The van der Waals surface area contributed by atoms with E-state index in [1.807, 2.05) is 0 Å². The fourth-order valence-corrected chi connectivity index (χ4v) is 3.83. The minimum atomic E-state index is -3.83. The van der Waals surface area contributed by atoms with Crippen LogP contribution in [0.15, 0.2) is 23.1 Å². The average Bonchev–Trinajstić information content (AvgIpc) is 3.17. The molecular formula is C13H19FN2O2S. The zero-order chi connectivity index (χ0) is 14.2. The third kappa shape index (κ3) is 2.80. The Balaban J connectivity index is 2.38. The van der Waals surface area contributed by atoms with Crippen LogP contribution in [0.1, 0.15) is 18.4 Å². The van der Waals surface area contributed by atoms with Crippen molar-refractivity contribution in [1.82, 2.24) is 4.31 Å². The highest BCUT2D eigenvalue weighted by molar-refractivity contribution is 7.89. The molecule has 1 aliphatic carbocycles. The van der Waals surface area contributed by atoms with Crippen molar-refractivity contribution >= 4 is 10.0 Å².